The van der Waals surface area contributed by atoms with E-state index in [9.17, 15) is 14.0 Å². The summed E-state index contributed by atoms with van der Waals surface area (Å²) in [6.07, 6.45) is 0.923. The average Bonchev–Trinajstić information content (AvgIpc) is 2.85. The van der Waals surface area contributed by atoms with Crippen LogP contribution in [0.2, 0.25) is 0 Å². The first-order valence-corrected chi connectivity index (χ1v) is 8.56. The molecule has 1 aliphatic heterocycles. The highest BCUT2D eigenvalue weighted by molar-refractivity contribution is 6.07. The van der Waals surface area contributed by atoms with Gasteiger partial charge in [-0.15, -0.1) is 0 Å². The number of hydrogen-bond acceptors (Lipinski definition) is 3. The topological polar surface area (TPSA) is 58.6 Å². The SMILES string of the molecule is CCCOc1ccc(CN2C(=O)N[C@@](C)(c3ccc(F)cc3)C2=O)cc1. The molecule has 0 aliphatic carbocycles. The fraction of sp³-hybridized carbons (Fsp3) is 0.300. The molecule has 1 N–H and O–H groups in total. The minimum Gasteiger partial charge on any atom is -0.494 e. The van der Waals surface area contributed by atoms with Gasteiger partial charge in [-0.3, -0.25) is 9.69 Å². The molecule has 0 spiro atoms. The Kier molecular flexibility index (Phi) is 4.93. The van der Waals surface area contributed by atoms with E-state index in [0.29, 0.717) is 12.2 Å². The summed E-state index contributed by atoms with van der Waals surface area (Å²) in [6, 6.07) is 12.4. The lowest BCUT2D eigenvalue weighted by Gasteiger charge is -2.22. The van der Waals surface area contributed by atoms with Gasteiger partial charge >= 0.3 is 6.03 Å². The van der Waals surface area contributed by atoms with Gasteiger partial charge in [-0.2, -0.15) is 0 Å². The molecule has 26 heavy (non-hydrogen) atoms. The molecular weight excluding hydrogens is 335 g/mol. The maximum Gasteiger partial charge on any atom is 0.325 e. The van der Waals surface area contributed by atoms with Crippen LogP contribution < -0.4 is 10.1 Å². The van der Waals surface area contributed by atoms with Gasteiger partial charge in [0.15, 0.2) is 0 Å². The number of nitrogens with zero attached hydrogens (tertiary/aromatic N) is 1. The number of rotatable bonds is 6. The molecule has 3 rings (SSSR count). The maximum atomic E-state index is 13.2. The third kappa shape index (κ3) is 3.40. The summed E-state index contributed by atoms with van der Waals surface area (Å²) < 4.78 is 18.7. The van der Waals surface area contributed by atoms with Crippen molar-refractivity contribution in [3.63, 3.8) is 0 Å². The molecule has 5 nitrogen and oxygen atoms in total. The number of imide groups is 1. The average molecular weight is 356 g/mol. The molecular formula is C20H21FN2O3. The van der Waals surface area contributed by atoms with Crippen molar-refractivity contribution in [3.8, 4) is 5.75 Å². The second-order valence-corrected chi connectivity index (χ2v) is 6.45. The molecule has 0 saturated carbocycles. The van der Waals surface area contributed by atoms with Crippen LogP contribution in [-0.4, -0.2) is 23.4 Å². The van der Waals surface area contributed by atoms with E-state index in [1.165, 1.54) is 29.2 Å². The first-order valence-electron chi connectivity index (χ1n) is 8.56. The number of urea groups is 1. The Morgan fingerprint density at radius 2 is 1.73 bits per heavy atom. The molecule has 1 heterocycles. The van der Waals surface area contributed by atoms with E-state index in [1.807, 2.05) is 31.2 Å². The lowest BCUT2D eigenvalue weighted by molar-refractivity contribution is -0.131. The second-order valence-electron chi connectivity index (χ2n) is 6.45. The molecule has 3 amide bonds. The van der Waals surface area contributed by atoms with E-state index >= 15 is 0 Å². The standard InChI is InChI=1S/C20H21FN2O3/c1-3-12-26-17-10-4-14(5-11-17)13-23-18(24)20(2,22-19(23)25)15-6-8-16(21)9-7-15/h4-11H,3,12-13H2,1-2H3,(H,22,25)/t20-/m0/s1. The summed E-state index contributed by atoms with van der Waals surface area (Å²) in [5.74, 6) is 0.000675. The molecule has 136 valence electrons. The van der Waals surface area contributed by atoms with Crippen LogP contribution in [0, 0.1) is 5.82 Å². The van der Waals surface area contributed by atoms with Gasteiger partial charge < -0.3 is 10.1 Å². The fourth-order valence-corrected chi connectivity index (χ4v) is 2.91. The van der Waals surface area contributed by atoms with Crippen molar-refractivity contribution in [2.24, 2.45) is 0 Å². The molecule has 0 bridgehead atoms. The summed E-state index contributed by atoms with van der Waals surface area (Å²) in [5.41, 5.74) is 0.165. The van der Waals surface area contributed by atoms with E-state index in [-0.39, 0.29) is 12.5 Å². The van der Waals surface area contributed by atoms with Crippen LogP contribution >= 0.6 is 0 Å². The third-order valence-corrected chi connectivity index (χ3v) is 4.43. The Morgan fingerprint density at radius 3 is 2.35 bits per heavy atom. The van der Waals surface area contributed by atoms with Crippen molar-refractivity contribution >= 4 is 11.9 Å². The summed E-state index contributed by atoms with van der Waals surface area (Å²) in [7, 11) is 0. The lowest BCUT2D eigenvalue weighted by atomic mass is 9.92. The van der Waals surface area contributed by atoms with Crippen molar-refractivity contribution < 1.29 is 18.7 Å². The molecule has 1 saturated heterocycles. The summed E-state index contributed by atoms with van der Waals surface area (Å²) in [6.45, 7) is 4.46. The molecule has 2 aromatic rings. The Bertz CT molecular complexity index is 805. The van der Waals surface area contributed by atoms with Crippen LogP contribution in [0.25, 0.3) is 0 Å². The zero-order valence-corrected chi connectivity index (χ0v) is 14.8. The van der Waals surface area contributed by atoms with E-state index in [4.69, 9.17) is 4.74 Å². The van der Waals surface area contributed by atoms with Gasteiger partial charge in [0.25, 0.3) is 5.91 Å². The lowest BCUT2D eigenvalue weighted by Crippen LogP contribution is -2.40. The second kappa shape index (κ2) is 7.15. The number of benzene rings is 2. The number of hydrogen-bond donors (Lipinski definition) is 1. The molecule has 0 aromatic heterocycles. The number of carbonyl (C=O) groups is 2. The Morgan fingerprint density at radius 1 is 1.08 bits per heavy atom. The number of ether oxygens (including phenoxy) is 1. The van der Waals surface area contributed by atoms with Gasteiger partial charge in [-0.05, 0) is 48.7 Å². The third-order valence-electron chi connectivity index (χ3n) is 4.43. The summed E-state index contributed by atoms with van der Waals surface area (Å²) in [5, 5.41) is 2.72. The van der Waals surface area contributed by atoms with Gasteiger partial charge in [0, 0.05) is 0 Å². The van der Waals surface area contributed by atoms with Crippen LogP contribution in [0.5, 0.6) is 5.75 Å². The smallest absolute Gasteiger partial charge is 0.325 e. The predicted octanol–water partition coefficient (Wildman–Crippen LogP) is 3.58. The predicted molar refractivity (Wildman–Crippen MR) is 95.1 cm³/mol. The molecule has 1 atom stereocenters. The van der Waals surface area contributed by atoms with E-state index in [0.717, 1.165) is 17.7 Å². The number of amides is 3. The van der Waals surface area contributed by atoms with Gasteiger partial charge in [0.05, 0.1) is 13.2 Å². The number of halogens is 1. The molecule has 1 fully saturated rings. The highest BCUT2D eigenvalue weighted by Crippen LogP contribution is 2.30. The maximum absolute atomic E-state index is 13.2. The van der Waals surface area contributed by atoms with Crippen LogP contribution in [-0.2, 0) is 16.9 Å². The van der Waals surface area contributed by atoms with E-state index < -0.39 is 17.4 Å². The molecule has 6 heteroatoms. The fourth-order valence-electron chi connectivity index (χ4n) is 2.91. The minimum absolute atomic E-state index is 0.162. The highest BCUT2D eigenvalue weighted by Gasteiger charge is 2.48. The number of nitrogens with one attached hydrogen (secondary N) is 1. The normalized spacial score (nSPS) is 19.6. The highest BCUT2D eigenvalue weighted by atomic mass is 19.1. The van der Waals surface area contributed by atoms with Gasteiger partial charge in [0.2, 0.25) is 0 Å². The zero-order valence-electron chi connectivity index (χ0n) is 14.8. The van der Waals surface area contributed by atoms with E-state index in [1.54, 1.807) is 6.92 Å². The van der Waals surface area contributed by atoms with Gasteiger partial charge in [-0.25, -0.2) is 9.18 Å². The summed E-state index contributed by atoms with van der Waals surface area (Å²) >= 11 is 0. The van der Waals surface area contributed by atoms with Crippen LogP contribution in [0.15, 0.2) is 48.5 Å². The van der Waals surface area contributed by atoms with Crippen molar-refractivity contribution in [3.05, 3.63) is 65.5 Å². The Labute approximate surface area is 151 Å². The molecule has 2 aromatic carbocycles. The van der Waals surface area contributed by atoms with Crippen molar-refractivity contribution in [1.82, 2.24) is 10.2 Å². The first-order chi connectivity index (χ1) is 12.4. The molecule has 0 radical (unpaired) electrons. The van der Waals surface area contributed by atoms with Gasteiger partial charge in [0.1, 0.15) is 17.1 Å². The summed E-state index contributed by atoms with van der Waals surface area (Å²) in [4.78, 5) is 26.4. The molecule has 0 unspecified atom stereocenters. The van der Waals surface area contributed by atoms with Crippen LogP contribution in [0.4, 0.5) is 9.18 Å². The van der Waals surface area contributed by atoms with Crippen molar-refractivity contribution in [1.29, 1.82) is 0 Å². The van der Waals surface area contributed by atoms with Crippen molar-refractivity contribution in [2.45, 2.75) is 32.4 Å². The quantitative estimate of drug-likeness (QED) is 0.805. The zero-order chi connectivity index (χ0) is 18.7. The Hall–Kier alpha value is -2.89. The van der Waals surface area contributed by atoms with Crippen LogP contribution in [0.1, 0.15) is 31.4 Å². The Balaban J connectivity index is 1.76. The van der Waals surface area contributed by atoms with Gasteiger partial charge in [-0.1, -0.05) is 31.2 Å². The minimum atomic E-state index is -1.20. The number of carbonyl (C=O) groups excluding carboxylic acids is 2. The van der Waals surface area contributed by atoms with Crippen LogP contribution in [0.3, 0.4) is 0 Å². The van der Waals surface area contributed by atoms with Crippen molar-refractivity contribution in [2.75, 3.05) is 6.61 Å². The largest absolute Gasteiger partial charge is 0.494 e. The monoisotopic (exact) mass is 356 g/mol. The first kappa shape index (κ1) is 17.9. The van der Waals surface area contributed by atoms with E-state index in [2.05, 4.69) is 5.32 Å². The molecule has 1 aliphatic rings.